The molecule has 0 fully saturated rings. The molecule has 0 saturated carbocycles. The Morgan fingerprint density at radius 1 is 1.18 bits per heavy atom. The Morgan fingerprint density at radius 2 is 1.86 bits per heavy atom. The highest BCUT2D eigenvalue weighted by atomic mass is 127. The molecule has 124 valence electrons. The standard InChI is InChI=1S/C16H26N4O.HI/c1-4-11-18-15(21)12-19-16(17-5-2)20(3)13-14-9-7-6-8-10-14;/h6-10H,4-5,11-13H2,1-3H3,(H,17,19)(H,18,21);1H. The van der Waals surface area contributed by atoms with E-state index in [0.29, 0.717) is 6.54 Å². The lowest BCUT2D eigenvalue weighted by atomic mass is 10.2. The second-order valence-electron chi connectivity index (χ2n) is 4.86. The topological polar surface area (TPSA) is 56.7 Å². The zero-order valence-electron chi connectivity index (χ0n) is 13.6. The number of hydrogen-bond acceptors (Lipinski definition) is 2. The van der Waals surface area contributed by atoms with Gasteiger partial charge in [-0.15, -0.1) is 24.0 Å². The third-order valence-electron chi connectivity index (χ3n) is 2.90. The number of nitrogens with one attached hydrogen (secondary N) is 2. The minimum absolute atomic E-state index is 0. The van der Waals surface area contributed by atoms with E-state index in [-0.39, 0.29) is 36.4 Å². The van der Waals surface area contributed by atoms with Gasteiger partial charge < -0.3 is 15.5 Å². The number of amides is 1. The summed E-state index contributed by atoms with van der Waals surface area (Å²) in [6, 6.07) is 10.2. The van der Waals surface area contributed by atoms with Crippen LogP contribution in [-0.2, 0) is 11.3 Å². The molecule has 5 nitrogen and oxygen atoms in total. The summed E-state index contributed by atoms with van der Waals surface area (Å²) in [5, 5.41) is 6.04. The van der Waals surface area contributed by atoms with Crippen LogP contribution in [0, 0.1) is 0 Å². The first-order valence-corrected chi connectivity index (χ1v) is 7.47. The number of guanidine groups is 1. The molecule has 22 heavy (non-hydrogen) atoms. The van der Waals surface area contributed by atoms with Crippen molar-refractivity contribution in [1.29, 1.82) is 0 Å². The van der Waals surface area contributed by atoms with Crippen molar-refractivity contribution < 1.29 is 4.79 Å². The molecule has 1 aromatic carbocycles. The summed E-state index contributed by atoms with van der Waals surface area (Å²) >= 11 is 0. The summed E-state index contributed by atoms with van der Waals surface area (Å²) in [5.74, 6) is 0.702. The molecular weight excluding hydrogens is 391 g/mol. The van der Waals surface area contributed by atoms with Crippen LogP contribution >= 0.6 is 24.0 Å². The molecule has 1 rings (SSSR count). The van der Waals surface area contributed by atoms with E-state index in [1.807, 2.05) is 44.0 Å². The van der Waals surface area contributed by atoms with Gasteiger partial charge in [0.1, 0.15) is 6.54 Å². The number of aliphatic imine (C=N–C) groups is 1. The molecule has 0 aromatic heterocycles. The summed E-state index contributed by atoms with van der Waals surface area (Å²) < 4.78 is 0. The average molecular weight is 418 g/mol. The second-order valence-corrected chi connectivity index (χ2v) is 4.86. The Kier molecular flexibility index (Phi) is 11.5. The monoisotopic (exact) mass is 418 g/mol. The maximum Gasteiger partial charge on any atom is 0.241 e. The fourth-order valence-corrected chi connectivity index (χ4v) is 1.87. The Bertz CT molecular complexity index is 451. The molecular formula is C16H27IN4O. The van der Waals surface area contributed by atoms with Gasteiger partial charge in [0.05, 0.1) is 0 Å². The number of carbonyl (C=O) groups is 1. The maximum absolute atomic E-state index is 11.6. The van der Waals surface area contributed by atoms with E-state index in [0.717, 1.165) is 25.5 Å². The lowest BCUT2D eigenvalue weighted by molar-refractivity contribution is -0.119. The predicted octanol–water partition coefficient (Wildman–Crippen LogP) is 2.23. The molecule has 0 radical (unpaired) electrons. The Labute approximate surface area is 150 Å². The van der Waals surface area contributed by atoms with Crippen molar-refractivity contribution in [1.82, 2.24) is 15.5 Å². The average Bonchev–Trinajstić information content (AvgIpc) is 2.50. The van der Waals surface area contributed by atoms with Crippen molar-refractivity contribution in [3.05, 3.63) is 35.9 Å². The van der Waals surface area contributed by atoms with Gasteiger partial charge in [-0.05, 0) is 18.9 Å². The first-order valence-electron chi connectivity index (χ1n) is 7.47. The smallest absolute Gasteiger partial charge is 0.241 e. The van der Waals surface area contributed by atoms with Gasteiger partial charge in [0.15, 0.2) is 5.96 Å². The number of hydrogen-bond donors (Lipinski definition) is 2. The number of nitrogens with zero attached hydrogens (tertiary/aromatic N) is 2. The van der Waals surface area contributed by atoms with Crippen molar-refractivity contribution >= 4 is 35.8 Å². The molecule has 6 heteroatoms. The van der Waals surface area contributed by atoms with Gasteiger partial charge in [0.25, 0.3) is 0 Å². The predicted molar refractivity (Wildman–Crippen MR) is 103 cm³/mol. The molecule has 0 aliphatic carbocycles. The van der Waals surface area contributed by atoms with Crippen molar-refractivity contribution in [2.24, 2.45) is 4.99 Å². The van der Waals surface area contributed by atoms with Gasteiger partial charge in [-0.25, -0.2) is 4.99 Å². The summed E-state index contributed by atoms with van der Waals surface area (Å²) in [5.41, 5.74) is 1.21. The highest BCUT2D eigenvalue weighted by Crippen LogP contribution is 2.02. The van der Waals surface area contributed by atoms with E-state index in [1.165, 1.54) is 5.56 Å². The molecule has 0 aliphatic heterocycles. The van der Waals surface area contributed by atoms with Crippen LogP contribution in [0.25, 0.3) is 0 Å². The molecule has 0 saturated heterocycles. The minimum Gasteiger partial charge on any atom is -0.357 e. The van der Waals surface area contributed by atoms with E-state index in [9.17, 15) is 4.79 Å². The van der Waals surface area contributed by atoms with E-state index >= 15 is 0 Å². The van der Waals surface area contributed by atoms with Gasteiger partial charge >= 0.3 is 0 Å². The summed E-state index contributed by atoms with van der Waals surface area (Å²) in [6.07, 6.45) is 0.934. The third-order valence-corrected chi connectivity index (χ3v) is 2.90. The molecule has 0 aliphatic rings. The van der Waals surface area contributed by atoms with Gasteiger partial charge in [-0.1, -0.05) is 37.3 Å². The van der Waals surface area contributed by atoms with Crippen LogP contribution in [0.5, 0.6) is 0 Å². The zero-order valence-corrected chi connectivity index (χ0v) is 16.0. The normalized spacial score (nSPS) is 10.6. The molecule has 0 atom stereocenters. The molecule has 0 unspecified atom stereocenters. The highest BCUT2D eigenvalue weighted by Gasteiger charge is 2.07. The van der Waals surface area contributed by atoms with Crippen molar-refractivity contribution in [2.75, 3.05) is 26.7 Å². The van der Waals surface area contributed by atoms with Crippen LogP contribution in [0.2, 0.25) is 0 Å². The van der Waals surface area contributed by atoms with E-state index in [4.69, 9.17) is 0 Å². The van der Waals surface area contributed by atoms with Crippen LogP contribution in [-0.4, -0.2) is 43.4 Å². The van der Waals surface area contributed by atoms with Gasteiger partial charge in [-0.2, -0.15) is 0 Å². The number of halogens is 1. The van der Waals surface area contributed by atoms with E-state index < -0.39 is 0 Å². The fraction of sp³-hybridized carbons (Fsp3) is 0.500. The SMILES string of the molecule is CCCNC(=O)CN=C(NCC)N(C)Cc1ccccc1.I. The first kappa shape index (κ1) is 20.7. The summed E-state index contributed by atoms with van der Waals surface area (Å²) in [4.78, 5) is 18.0. The lowest BCUT2D eigenvalue weighted by Crippen LogP contribution is -2.39. The molecule has 0 bridgehead atoms. The maximum atomic E-state index is 11.6. The van der Waals surface area contributed by atoms with E-state index in [2.05, 4.69) is 27.8 Å². The Morgan fingerprint density at radius 3 is 2.45 bits per heavy atom. The van der Waals surface area contributed by atoms with Crippen LogP contribution in [0.1, 0.15) is 25.8 Å². The molecule has 2 N–H and O–H groups in total. The number of carbonyl (C=O) groups excluding carboxylic acids is 1. The molecule has 0 heterocycles. The van der Waals surface area contributed by atoms with Crippen molar-refractivity contribution in [3.63, 3.8) is 0 Å². The molecule has 0 spiro atoms. The second kappa shape index (κ2) is 12.3. The van der Waals surface area contributed by atoms with Gasteiger partial charge in [0, 0.05) is 26.7 Å². The number of benzene rings is 1. The van der Waals surface area contributed by atoms with Crippen molar-refractivity contribution in [2.45, 2.75) is 26.8 Å². The largest absolute Gasteiger partial charge is 0.357 e. The van der Waals surface area contributed by atoms with Crippen LogP contribution < -0.4 is 10.6 Å². The number of rotatable bonds is 7. The zero-order chi connectivity index (χ0) is 15.5. The van der Waals surface area contributed by atoms with Crippen LogP contribution in [0.3, 0.4) is 0 Å². The quantitative estimate of drug-likeness (QED) is 0.406. The first-order chi connectivity index (χ1) is 10.2. The molecule has 1 aromatic rings. The minimum atomic E-state index is -0.0413. The van der Waals surface area contributed by atoms with Crippen molar-refractivity contribution in [3.8, 4) is 0 Å². The van der Waals surface area contributed by atoms with Gasteiger partial charge in [-0.3, -0.25) is 4.79 Å². The highest BCUT2D eigenvalue weighted by molar-refractivity contribution is 14.0. The third kappa shape index (κ3) is 8.21. The molecule has 1 amide bonds. The van der Waals surface area contributed by atoms with E-state index in [1.54, 1.807) is 0 Å². The summed E-state index contributed by atoms with van der Waals surface area (Å²) in [6.45, 7) is 6.42. The Balaban J connectivity index is 0.00000441. The lowest BCUT2D eigenvalue weighted by Gasteiger charge is -2.22. The van der Waals surface area contributed by atoms with Gasteiger partial charge in [0.2, 0.25) is 5.91 Å². The summed E-state index contributed by atoms with van der Waals surface area (Å²) in [7, 11) is 1.97. The fourth-order valence-electron chi connectivity index (χ4n) is 1.87. The van der Waals surface area contributed by atoms with Crippen LogP contribution in [0.15, 0.2) is 35.3 Å². The Hall–Kier alpha value is -1.31. The van der Waals surface area contributed by atoms with Crippen LogP contribution in [0.4, 0.5) is 0 Å².